The summed E-state index contributed by atoms with van der Waals surface area (Å²) in [6, 6.07) is 19.5. The summed E-state index contributed by atoms with van der Waals surface area (Å²) in [4.78, 5) is 17.5. The van der Waals surface area contributed by atoms with Gasteiger partial charge in [-0.15, -0.1) is 0 Å². The van der Waals surface area contributed by atoms with Gasteiger partial charge in [0.2, 0.25) is 0 Å². The number of aromatic amines is 1. The van der Waals surface area contributed by atoms with Gasteiger partial charge in [0, 0.05) is 43.4 Å². The van der Waals surface area contributed by atoms with Gasteiger partial charge in [0.05, 0.1) is 34.2 Å². The minimum atomic E-state index is -0.0679. The lowest BCUT2D eigenvalue weighted by molar-refractivity contribution is 0.0388. The maximum Gasteiger partial charge on any atom is 0.253 e. The SMILES string of the molecule is CCN1CC(NC(=O)c2ccccc2Nc2ccc3c(/C=C/c4ccccn4)n[nH]c3c2)CN1CC. The smallest absolute Gasteiger partial charge is 0.253 e. The van der Waals surface area contributed by atoms with E-state index in [1.165, 1.54) is 0 Å². The Hall–Kier alpha value is -4.01. The molecule has 2 aromatic carbocycles. The Morgan fingerprint density at radius 1 is 1.03 bits per heavy atom. The largest absolute Gasteiger partial charge is 0.355 e. The van der Waals surface area contributed by atoms with Crippen molar-refractivity contribution in [3.63, 3.8) is 0 Å². The first-order valence-electron chi connectivity index (χ1n) is 12.4. The number of carbonyl (C=O) groups excluding carboxylic acids is 1. The first kappa shape index (κ1) is 23.7. The molecule has 0 unspecified atom stereocenters. The Bertz CT molecular complexity index is 1350. The van der Waals surface area contributed by atoms with E-state index in [-0.39, 0.29) is 11.9 Å². The standard InChI is InChI=1S/C28H31N7O/c1-3-34-18-22(19-35(34)4-2)31-28(36)24-10-5-6-11-25(24)30-21-12-14-23-26(32-33-27(23)17-21)15-13-20-9-7-8-16-29-20/h5-17,22,30H,3-4,18-19H2,1-2H3,(H,31,36)(H,32,33)/b15-13+. The van der Waals surface area contributed by atoms with Gasteiger partial charge >= 0.3 is 0 Å². The van der Waals surface area contributed by atoms with Crippen LogP contribution in [-0.2, 0) is 0 Å². The zero-order valence-electron chi connectivity index (χ0n) is 20.6. The van der Waals surface area contributed by atoms with Crippen molar-refractivity contribution in [3.05, 3.63) is 83.8 Å². The molecule has 5 rings (SSSR count). The van der Waals surface area contributed by atoms with Gasteiger partial charge in [0.1, 0.15) is 0 Å². The number of carbonyl (C=O) groups is 1. The molecular weight excluding hydrogens is 450 g/mol. The molecule has 0 radical (unpaired) electrons. The molecule has 1 fully saturated rings. The summed E-state index contributed by atoms with van der Waals surface area (Å²) in [6.45, 7) is 7.83. The second-order valence-electron chi connectivity index (χ2n) is 8.81. The average molecular weight is 482 g/mol. The molecule has 0 aliphatic carbocycles. The van der Waals surface area contributed by atoms with E-state index >= 15 is 0 Å². The van der Waals surface area contributed by atoms with Crippen molar-refractivity contribution >= 4 is 40.3 Å². The second kappa shape index (κ2) is 10.7. The Morgan fingerprint density at radius 2 is 1.81 bits per heavy atom. The van der Waals surface area contributed by atoms with Gasteiger partial charge in [0.25, 0.3) is 5.91 Å². The number of likely N-dealkylation sites (N-methyl/N-ethyl adjacent to an activating group) is 2. The summed E-state index contributed by atoms with van der Waals surface area (Å²) < 4.78 is 0. The molecule has 0 spiro atoms. The molecule has 2 aromatic heterocycles. The summed E-state index contributed by atoms with van der Waals surface area (Å²) in [5, 5.41) is 19.8. The Morgan fingerprint density at radius 3 is 2.56 bits per heavy atom. The fourth-order valence-electron chi connectivity index (χ4n) is 4.64. The van der Waals surface area contributed by atoms with E-state index in [9.17, 15) is 4.79 Å². The molecule has 1 aliphatic heterocycles. The molecule has 0 saturated carbocycles. The van der Waals surface area contributed by atoms with Crippen molar-refractivity contribution in [3.8, 4) is 0 Å². The number of pyridine rings is 1. The Labute approximate surface area is 211 Å². The molecule has 8 heteroatoms. The predicted octanol–water partition coefficient (Wildman–Crippen LogP) is 4.54. The second-order valence-corrected chi connectivity index (χ2v) is 8.81. The van der Waals surface area contributed by atoms with Crippen LogP contribution in [0, 0.1) is 0 Å². The third kappa shape index (κ3) is 5.15. The quantitative estimate of drug-likeness (QED) is 0.342. The van der Waals surface area contributed by atoms with Gasteiger partial charge in [-0.2, -0.15) is 5.10 Å². The van der Waals surface area contributed by atoms with Gasteiger partial charge in [-0.25, -0.2) is 10.0 Å². The van der Waals surface area contributed by atoms with Crippen molar-refractivity contribution in [2.75, 3.05) is 31.5 Å². The highest BCUT2D eigenvalue weighted by molar-refractivity contribution is 6.01. The lowest BCUT2D eigenvalue weighted by Crippen LogP contribution is -2.38. The van der Waals surface area contributed by atoms with Gasteiger partial charge in [-0.1, -0.05) is 32.0 Å². The van der Waals surface area contributed by atoms with Crippen LogP contribution in [0.5, 0.6) is 0 Å². The number of benzene rings is 2. The molecule has 3 heterocycles. The summed E-state index contributed by atoms with van der Waals surface area (Å²) >= 11 is 0. The number of amides is 1. The van der Waals surface area contributed by atoms with Crippen molar-refractivity contribution < 1.29 is 4.79 Å². The van der Waals surface area contributed by atoms with Crippen LogP contribution < -0.4 is 10.6 Å². The Balaban J connectivity index is 1.31. The number of hydrogen-bond acceptors (Lipinski definition) is 6. The normalized spacial score (nSPS) is 15.2. The van der Waals surface area contributed by atoms with Crippen LogP contribution in [0.3, 0.4) is 0 Å². The maximum absolute atomic E-state index is 13.2. The number of H-pyrrole nitrogens is 1. The molecule has 0 atom stereocenters. The van der Waals surface area contributed by atoms with Crippen molar-refractivity contribution in [2.24, 2.45) is 0 Å². The van der Waals surface area contributed by atoms with E-state index in [0.717, 1.165) is 59.8 Å². The van der Waals surface area contributed by atoms with E-state index in [1.807, 2.05) is 72.8 Å². The van der Waals surface area contributed by atoms with Crippen molar-refractivity contribution in [2.45, 2.75) is 19.9 Å². The summed E-state index contributed by atoms with van der Waals surface area (Å²) in [5.74, 6) is -0.0679. The highest BCUT2D eigenvalue weighted by Crippen LogP contribution is 2.26. The zero-order valence-corrected chi connectivity index (χ0v) is 20.6. The molecule has 184 valence electrons. The third-order valence-corrected chi connectivity index (χ3v) is 6.47. The molecule has 36 heavy (non-hydrogen) atoms. The van der Waals surface area contributed by atoms with E-state index in [1.54, 1.807) is 6.20 Å². The summed E-state index contributed by atoms with van der Waals surface area (Å²) in [6.07, 6.45) is 5.67. The minimum absolute atomic E-state index is 0.0679. The van der Waals surface area contributed by atoms with E-state index < -0.39 is 0 Å². The van der Waals surface area contributed by atoms with E-state index in [0.29, 0.717) is 5.56 Å². The molecule has 1 saturated heterocycles. The Kier molecular flexibility index (Phi) is 7.06. The number of rotatable bonds is 8. The van der Waals surface area contributed by atoms with Crippen LogP contribution >= 0.6 is 0 Å². The van der Waals surface area contributed by atoms with Crippen LogP contribution in [0.4, 0.5) is 11.4 Å². The highest BCUT2D eigenvalue weighted by atomic mass is 16.1. The van der Waals surface area contributed by atoms with E-state index in [2.05, 4.69) is 49.7 Å². The number of hydrogen-bond donors (Lipinski definition) is 3. The first-order chi connectivity index (χ1) is 17.6. The van der Waals surface area contributed by atoms with Gasteiger partial charge in [-0.05, 0) is 54.6 Å². The van der Waals surface area contributed by atoms with Crippen molar-refractivity contribution in [1.82, 2.24) is 30.5 Å². The van der Waals surface area contributed by atoms with Crippen LogP contribution in [0.15, 0.2) is 66.9 Å². The predicted molar refractivity (Wildman–Crippen MR) is 145 cm³/mol. The van der Waals surface area contributed by atoms with Crippen LogP contribution in [0.25, 0.3) is 23.1 Å². The molecular formula is C28H31N7O. The number of aromatic nitrogens is 3. The van der Waals surface area contributed by atoms with Gasteiger partial charge in [0.15, 0.2) is 0 Å². The number of hydrazine groups is 1. The number of nitrogens with zero attached hydrogens (tertiary/aromatic N) is 4. The van der Waals surface area contributed by atoms with Crippen molar-refractivity contribution in [1.29, 1.82) is 0 Å². The van der Waals surface area contributed by atoms with Crippen LogP contribution in [0.2, 0.25) is 0 Å². The van der Waals surface area contributed by atoms with Gasteiger partial charge in [-0.3, -0.25) is 14.9 Å². The van der Waals surface area contributed by atoms with Crippen LogP contribution in [-0.4, -0.2) is 63.3 Å². The number of para-hydroxylation sites is 1. The van der Waals surface area contributed by atoms with Crippen LogP contribution in [0.1, 0.15) is 35.6 Å². The lowest BCUT2D eigenvalue weighted by Gasteiger charge is -2.24. The topological polar surface area (TPSA) is 89.2 Å². The molecule has 0 bridgehead atoms. The van der Waals surface area contributed by atoms with Gasteiger partial charge < -0.3 is 10.6 Å². The zero-order chi connectivity index (χ0) is 24.9. The minimum Gasteiger partial charge on any atom is -0.355 e. The molecule has 1 aliphatic rings. The molecule has 4 aromatic rings. The third-order valence-electron chi connectivity index (χ3n) is 6.47. The molecule has 3 N–H and O–H groups in total. The fraction of sp³-hybridized carbons (Fsp3) is 0.250. The number of nitrogens with one attached hydrogen (secondary N) is 3. The number of anilines is 2. The maximum atomic E-state index is 13.2. The highest BCUT2D eigenvalue weighted by Gasteiger charge is 2.29. The summed E-state index contributed by atoms with van der Waals surface area (Å²) in [5.41, 5.74) is 4.90. The molecule has 1 amide bonds. The number of fused-ring (bicyclic) bond motifs is 1. The molecule has 8 nitrogen and oxygen atoms in total. The van der Waals surface area contributed by atoms with E-state index in [4.69, 9.17) is 0 Å². The average Bonchev–Trinajstić information content (AvgIpc) is 3.51. The first-order valence-corrected chi connectivity index (χ1v) is 12.4. The lowest BCUT2D eigenvalue weighted by atomic mass is 10.1. The summed E-state index contributed by atoms with van der Waals surface area (Å²) in [7, 11) is 0. The monoisotopic (exact) mass is 481 g/mol. The fourth-order valence-corrected chi connectivity index (χ4v) is 4.64.